The number of hydrogen-bond acceptors (Lipinski definition) is 10. The number of aromatic carboxylic acids is 2. The summed E-state index contributed by atoms with van der Waals surface area (Å²) in [5.41, 5.74) is -5.40. The number of aliphatic hydroxyl groups is 2. The Morgan fingerprint density at radius 1 is 0.648 bits per heavy atom. The number of carboxylic acid groups (broad SMARTS) is 2. The minimum absolute atomic E-state index is 0.121. The van der Waals surface area contributed by atoms with Crippen LogP contribution in [-0.2, 0) is 22.4 Å². The summed E-state index contributed by atoms with van der Waals surface area (Å²) in [5, 5.41) is 48.5. The molecule has 0 saturated carbocycles. The first kappa shape index (κ1) is 41.1. The fourth-order valence-corrected chi connectivity index (χ4v) is 9.93. The number of carbonyl (C=O) groups excluding carboxylic acids is 4. The standard InChI is InChI=1S/C38H56N6O10/c1-33(2)17-37(18-34(3,4)41(33)9)29(51)43(31(53)39-37)15-22(45)13-21-11-12-24(27(47)48)26(28(49)50)25(21)14-23(46)16-44-30(52)38(40-32(44)54)19-35(5,6)42(10)36(7,8)20-38/h11-12,22-23,45-46H,13-20H2,1-10H3,(H,39,53)(H,40,54)(H,47,48)(H,49,50). The largest absolute Gasteiger partial charge is 0.478 e. The van der Waals surface area contributed by atoms with E-state index >= 15 is 0 Å². The van der Waals surface area contributed by atoms with E-state index in [2.05, 4.69) is 20.4 Å². The maximum atomic E-state index is 14.0. The molecule has 54 heavy (non-hydrogen) atoms. The van der Waals surface area contributed by atoms with E-state index in [1.165, 1.54) is 6.07 Å². The molecule has 16 heteroatoms. The number of carboxylic acids is 2. The number of amides is 6. The molecule has 2 spiro atoms. The normalized spacial score (nSPS) is 25.2. The van der Waals surface area contributed by atoms with Crippen LogP contribution >= 0.6 is 0 Å². The summed E-state index contributed by atoms with van der Waals surface area (Å²) >= 11 is 0. The molecule has 4 aliphatic rings. The topological polar surface area (TPSA) is 220 Å². The Morgan fingerprint density at radius 3 is 1.37 bits per heavy atom. The predicted octanol–water partition coefficient (Wildman–Crippen LogP) is 2.04. The van der Waals surface area contributed by atoms with Crippen LogP contribution in [0.3, 0.4) is 0 Å². The molecule has 6 N–H and O–H groups in total. The van der Waals surface area contributed by atoms with Gasteiger partial charge in [-0.3, -0.25) is 29.2 Å². The zero-order valence-corrected chi connectivity index (χ0v) is 33.0. The van der Waals surface area contributed by atoms with Gasteiger partial charge in [0.1, 0.15) is 11.1 Å². The van der Waals surface area contributed by atoms with Crippen molar-refractivity contribution < 1.29 is 49.2 Å². The van der Waals surface area contributed by atoms with Gasteiger partial charge < -0.3 is 31.1 Å². The average molecular weight is 757 g/mol. The van der Waals surface area contributed by atoms with Crippen LogP contribution in [0.25, 0.3) is 0 Å². The highest BCUT2D eigenvalue weighted by molar-refractivity contribution is 6.08. The monoisotopic (exact) mass is 756 g/mol. The van der Waals surface area contributed by atoms with Crippen molar-refractivity contribution in [2.45, 2.75) is 139 Å². The Hall–Kier alpha value is -4.12. The van der Waals surface area contributed by atoms with Gasteiger partial charge >= 0.3 is 24.0 Å². The number of benzene rings is 1. The smallest absolute Gasteiger partial charge is 0.336 e. The maximum absolute atomic E-state index is 14.0. The molecule has 1 aromatic carbocycles. The molecule has 1 aromatic rings. The number of β-amino-alcohol motifs (C(OH)–C–C–N with tert-alkyl or cyclic N) is 2. The molecule has 2 unspecified atom stereocenters. The molecule has 16 nitrogen and oxygen atoms in total. The number of nitrogens with zero attached hydrogens (tertiary/aromatic N) is 4. The van der Waals surface area contributed by atoms with Crippen molar-refractivity contribution in [3.8, 4) is 0 Å². The molecule has 6 amide bonds. The third-order valence-electron chi connectivity index (χ3n) is 12.6. The molecule has 0 radical (unpaired) electrons. The SMILES string of the molecule is CN1C(C)(C)CC2(CC1(C)C)NC(=O)N(CC(O)Cc1ccc(C(=O)O)c(C(=O)O)c1CC(O)CN1C(=O)NC3(CC(C)(C)N(C)C(C)(C)C3)C1=O)C2=O. The third kappa shape index (κ3) is 6.97. The van der Waals surface area contributed by atoms with Crippen LogP contribution in [0.2, 0.25) is 0 Å². The number of rotatable bonds is 10. The summed E-state index contributed by atoms with van der Waals surface area (Å²) in [6.07, 6.45) is -2.43. The van der Waals surface area contributed by atoms with Gasteiger partial charge in [-0.05, 0) is 112 Å². The number of piperidine rings is 2. The highest BCUT2D eigenvalue weighted by Crippen LogP contribution is 2.46. The van der Waals surface area contributed by atoms with Crippen LogP contribution in [-0.4, -0.2) is 148 Å². The van der Waals surface area contributed by atoms with Gasteiger partial charge in [0.15, 0.2) is 0 Å². The second-order valence-electron chi connectivity index (χ2n) is 18.4. The maximum Gasteiger partial charge on any atom is 0.336 e. The molecule has 0 aliphatic carbocycles. The molecule has 298 valence electrons. The van der Waals surface area contributed by atoms with E-state index in [0.717, 1.165) is 15.9 Å². The van der Waals surface area contributed by atoms with E-state index in [1.54, 1.807) is 0 Å². The van der Waals surface area contributed by atoms with Gasteiger partial charge in [0.05, 0.1) is 36.4 Å². The number of hydrogen-bond donors (Lipinski definition) is 6. The van der Waals surface area contributed by atoms with Crippen LogP contribution < -0.4 is 10.6 Å². The molecule has 2 atom stereocenters. The predicted molar refractivity (Wildman–Crippen MR) is 196 cm³/mol. The number of nitrogens with one attached hydrogen (secondary N) is 2. The molecule has 0 aromatic heterocycles. The highest BCUT2D eigenvalue weighted by atomic mass is 16.4. The van der Waals surface area contributed by atoms with Crippen LogP contribution in [0.1, 0.15) is 113 Å². The number of likely N-dealkylation sites (tertiary alicyclic amines) is 2. The number of carbonyl (C=O) groups is 6. The lowest BCUT2D eigenvalue weighted by atomic mass is 9.69. The van der Waals surface area contributed by atoms with Crippen LogP contribution in [0.5, 0.6) is 0 Å². The Labute approximate surface area is 315 Å². The lowest BCUT2D eigenvalue weighted by Gasteiger charge is -2.56. The van der Waals surface area contributed by atoms with Gasteiger partial charge in [-0.1, -0.05) is 6.07 Å². The van der Waals surface area contributed by atoms with Gasteiger partial charge in [-0.15, -0.1) is 0 Å². The van der Waals surface area contributed by atoms with Crippen molar-refractivity contribution in [3.63, 3.8) is 0 Å². The Bertz CT molecular complexity index is 1750. The van der Waals surface area contributed by atoms with Crippen molar-refractivity contribution in [2.24, 2.45) is 0 Å². The zero-order chi connectivity index (χ0) is 40.7. The van der Waals surface area contributed by atoms with E-state index in [4.69, 9.17) is 0 Å². The van der Waals surface area contributed by atoms with Gasteiger partial charge in [-0.25, -0.2) is 19.2 Å². The lowest BCUT2D eigenvalue weighted by molar-refractivity contribution is -0.140. The highest BCUT2D eigenvalue weighted by Gasteiger charge is 2.62. The molecule has 4 saturated heterocycles. The van der Waals surface area contributed by atoms with Gasteiger partial charge in [0.25, 0.3) is 11.8 Å². The van der Waals surface area contributed by atoms with Crippen molar-refractivity contribution >= 4 is 35.8 Å². The van der Waals surface area contributed by atoms with Gasteiger partial charge in [0.2, 0.25) is 0 Å². The Kier molecular flexibility index (Phi) is 10.1. The molecule has 0 bridgehead atoms. The average Bonchev–Trinajstić information content (AvgIpc) is 3.36. The summed E-state index contributed by atoms with van der Waals surface area (Å²) in [5.74, 6) is -4.13. The molecule has 5 rings (SSSR count). The first-order chi connectivity index (χ1) is 24.6. The fraction of sp³-hybridized carbons (Fsp3) is 0.684. The van der Waals surface area contributed by atoms with Crippen molar-refractivity contribution in [1.82, 2.24) is 30.2 Å². The van der Waals surface area contributed by atoms with Crippen LogP contribution in [0, 0.1) is 0 Å². The van der Waals surface area contributed by atoms with E-state index in [1.807, 2.05) is 69.5 Å². The molecule has 4 heterocycles. The number of imide groups is 2. The Morgan fingerprint density at radius 2 is 1.02 bits per heavy atom. The Balaban J connectivity index is 1.38. The van der Waals surface area contributed by atoms with Crippen LogP contribution in [0.15, 0.2) is 12.1 Å². The second-order valence-corrected chi connectivity index (χ2v) is 18.4. The molecular formula is C38H56N6O10. The summed E-state index contributed by atoms with van der Waals surface area (Å²) in [6, 6.07) is 1.04. The van der Waals surface area contributed by atoms with E-state index < -0.39 is 112 Å². The van der Waals surface area contributed by atoms with Gasteiger partial charge in [-0.2, -0.15) is 0 Å². The van der Waals surface area contributed by atoms with Crippen molar-refractivity contribution in [2.75, 3.05) is 27.2 Å². The summed E-state index contributed by atoms with van der Waals surface area (Å²) in [6.45, 7) is 14.9. The minimum Gasteiger partial charge on any atom is -0.478 e. The minimum atomic E-state index is -1.60. The second kappa shape index (κ2) is 13.3. The summed E-state index contributed by atoms with van der Waals surface area (Å²) < 4.78 is 0. The van der Waals surface area contributed by atoms with E-state index in [0.29, 0.717) is 25.7 Å². The zero-order valence-electron chi connectivity index (χ0n) is 33.0. The lowest BCUT2D eigenvalue weighted by Crippen LogP contribution is -2.68. The first-order valence-corrected chi connectivity index (χ1v) is 18.3. The number of urea groups is 2. The summed E-state index contributed by atoms with van der Waals surface area (Å²) in [7, 11) is 3.93. The molecule has 4 aliphatic heterocycles. The van der Waals surface area contributed by atoms with Gasteiger partial charge in [0, 0.05) is 35.0 Å². The van der Waals surface area contributed by atoms with Crippen molar-refractivity contribution in [3.05, 3.63) is 34.4 Å². The summed E-state index contributed by atoms with van der Waals surface area (Å²) in [4.78, 5) is 85.4. The van der Waals surface area contributed by atoms with E-state index in [-0.39, 0.29) is 17.5 Å². The number of aliphatic hydroxyl groups excluding tert-OH is 2. The van der Waals surface area contributed by atoms with Crippen molar-refractivity contribution in [1.29, 1.82) is 0 Å². The molecular weight excluding hydrogens is 700 g/mol. The van der Waals surface area contributed by atoms with Crippen LogP contribution in [0.4, 0.5) is 9.59 Å². The fourth-order valence-electron chi connectivity index (χ4n) is 9.93. The molecule has 4 fully saturated rings. The first-order valence-electron chi connectivity index (χ1n) is 18.3. The van der Waals surface area contributed by atoms with E-state index in [9.17, 15) is 49.2 Å². The third-order valence-corrected chi connectivity index (χ3v) is 12.6. The quantitative estimate of drug-likeness (QED) is 0.189.